The number of carboxylic acid groups (broad SMARTS) is 1. The van der Waals surface area contributed by atoms with Crippen LogP contribution in [0.3, 0.4) is 0 Å². The van der Waals surface area contributed by atoms with Gasteiger partial charge < -0.3 is 14.8 Å². The molecule has 1 aliphatic carbocycles. The molecule has 1 heterocycles. The molecule has 0 amide bonds. The van der Waals surface area contributed by atoms with Gasteiger partial charge in [0, 0.05) is 11.9 Å². The number of nitrogens with one attached hydrogen (secondary N) is 1. The second-order valence-corrected chi connectivity index (χ2v) is 6.72. The summed E-state index contributed by atoms with van der Waals surface area (Å²) >= 11 is 0. The highest BCUT2D eigenvalue weighted by molar-refractivity contribution is 5.94. The Morgan fingerprint density at radius 1 is 1.24 bits per heavy atom. The summed E-state index contributed by atoms with van der Waals surface area (Å²) in [6.45, 7) is 5.39. The lowest BCUT2D eigenvalue weighted by molar-refractivity contribution is -0.145. The number of hydrogen-bond donors (Lipinski definition) is 2. The highest BCUT2D eigenvalue weighted by atomic mass is 16.6. The summed E-state index contributed by atoms with van der Waals surface area (Å²) in [5.74, 6) is -1.33. The van der Waals surface area contributed by atoms with Gasteiger partial charge in [0.15, 0.2) is 0 Å². The molecule has 0 unspecified atom stereocenters. The van der Waals surface area contributed by atoms with Gasteiger partial charge in [-0.05, 0) is 39.7 Å². The summed E-state index contributed by atoms with van der Waals surface area (Å²) in [5.41, 5.74) is -0.763. The van der Waals surface area contributed by atoms with Crippen molar-refractivity contribution in [3.8, 4) is 0 Å². The minimum absolute atomic E-state index is 0.342. The van der Waals surface area contributed by atoms with Crippen LogP contribution in [0.25, 0.3) is 0 Å². The van der Waals surface area contributed by atoms with E-state index >= 15 is 0 Å². The molecule has 1 aromatic heterocycles. The summed E-state index contributed by atoms with van der Waals surface area (Å²) in [4.78, 5) is 27.2. The highest BCUT2D eigenvalue weighted by Gasteiger charge is 2.45. The first kappa shape index (κ1) is 15.6. The van der Waals surface area contributed by atoms with Crippen molar-refractivity contribution >= 4 is 11.9 Å². The number of H-pyrrole nitrogens is 1. The zero-order valence-corrected chi connectivity index (χ0v) is 12.9. The molecule has 0 atom stereocenters. The third-order valence-corrected chi connectivity index (χ3v) is 3.96. The predicted octanol–water partition coefficient (Wildman–Crippen LogP) is 3.26. The summed E-state index contributed by atoms with van der Waals surface area (Å²) in [6.07, 6.45) is 5.49. The lowest BCUT2D eigenvalue weighted by Crippen LogP contribution is -2.39. The van der Waals surface area contributed by atoms with Crippen molar-refractivity contribution in [3.63, 3.8) is 0 Å². The van der Waals surface area contributed by atoms with Crippen LogP contribution in [-0.4, -0.2) is 27.6 Å². The van der Waals surface area contributed by atoms with E-state index < -0.39 is 23.0 Å². The molecule has 2 rings (SSSR count). The number of aromatic amines is 1. The van der Waals surface area contributed by atoms with Crippen LogP contribution in [-0.2, 0) is 14.9 Å². The number of carbonyl (C=O) groups is 2. The molecule has 2 N–H and O–H groups in total. The molecular weight excluding hydrogens is 270 g/mol. The van der Waals surface area contributed by atoms with Gasteiger partial charge in [-0.1, -0.05) is 19.3 Å². The van der Waals surface area contributed by atoms with Gasteiger partial charge in [-0.3, -0.25) is 4.79 Å². The van der Waals surface area contributed by atoms with Crippen molar-refractivity contribution in [2.24, 2.45) is 0 Å². The Morgan fingerprint density at radius 3 is 2.38 bits per heavy atom. The molecule has 1 saturated carbocycles. The molecule has 0 radical (unpaired) electrons. The number of rotatable bonds is 3. The first-order valence-corrected chi connectivity index (χ1v) is 7.41. The van der Waals surface area contributed by atoms with Gasteiger partial charge in [0.05, 0.1) is 5.56 Å². The number of ether oxygens (including phenoxy) is 1. The predicted molar refractivity (Wildman–Crippen MR) is 78.4 cm³/mol. The third-order valence-electron chi connectivity index (χ3n) is 3.96. The number of carbonyl (C=O) groups excluding carboxylic acids is 1. The molecule has 0 saturated heterocycles. The maximum Gasteiger partial charge on any atom is 0.340 e. The van der Waals surface area contributed by atoms with E-state index in [4.69, 9.17) is 4.74 Å². The first-order chi connectivity index (χ1) is 9.76. The zero-order valence-electron chi connectivity index (χ0n) is 12.9. The van der Waals surface area contributed by atoms with Crippen molar-refractivity contribution in [3.05, 3.63) is 23.5 Å². The van der Waals surface area contributed by atoms with E-state index in [-0.39, 0.29) is 0 Å². The molecule has 0 aromatic carbocycles. The smallest absolute Gasteiger partial charge is 0.340 e. The van der Waals surface area contributed by atoms with Crippen LogP contribution < -0.4 is 0 Å². The maximum atomic E-state index is 12.3. The van der Waals surface area contributed by atoms with Gasteiger partial charge in [0.2, 0.25) is 0 Å². The van der Waals surface area contributed by atoms with Crippen molar-refractivity contribution in [1.82, 2.24) is 4.98 Å². The summed E-state index contributed by atoms with van der Waals surface area (Å²) in [6, 6.07) is 1.61. The number of aliphatic carboxylic acids is 1. The van der Waals surface area contributed by atoms with E-state index in [2.05, 4.69) is 4.98 Å². The molecule has 0 bridgehead atoms. The molecule has 5 nitrogen and oxygen atoms in total. The lowest BCUT2D eigenvalue weighted by Gasteiger charge is -2.33. The quantitative estimate of drug-likeness (QED) is 0.838. The fraction of sp³-hybridized carbons (Fsp3) is 0.625. The van der Waals surface area contributed by atoms with E-state index in [1.165, 1.54) is 0 Å². The fourth-order valence-corrected chi connectivity index (χ4v) is 2.99. The maximum absolute atomic E-state index is 12.3. The van der Waals surface area contributed by atoms with Gasteiger partial charge in [-0.2, -0.15) is 0 Å². The molecule has 116 valence electrons. The van der Waals surface area contributed by atoms with Gasteiger partial charge in [0.25, 0.3) is 0 Å². The Balaban J connectivity index is 2.38. The van der Waals surface area contributed by atoms with Crippen LogP contribution in [0.1, 0.15) is 68.9 Å². The Labute approximate surface area is 124 Å². The number of aromatic nitrogens is 1. The first-order valence-electron chi connectivity index (χ1n) is 7.41. The van der Waals surface area contributed by atoms with Gasteiger partial charge in [-0.25, -0.2) is 4.79 Å². The average molecular weight is 293 g/mol. The van der Waals surface area contributed by atoms with E-state index in [1.54, 1.807) is 33.0 Å². The molecule has 0 spiro atoms. The normalized spacial score (nSPS) is 18.2. The number of carboxylic acids is 1. The van der Waals surface area contributed by atoms with E-state index in [0.717, 1.165) is 19.3 Å². The average Bonchev–Trinajstić information content (AvgIpc) is 2.87. The summed E-state index contributed by atoms with van der Waals surface area (Å²) in [5, 5.41) is 9.73. The van der Waals surface area contributed by atoms with Crippen LogP contribution in [0.4, 0.5) is 0 Å². The Bertz CT molecular complexity index is 533. The molecule has 1 aliphatic rings. The van der Waals surface area contributed by atoms with Crippen LogP contribution in [0.5, 0.6) is 0 Å². The van der Waals surface area contributed by atoms with Crippen molar-refractivity contribution in [2.75, 3.05) is 0 Å². The summed E-state index contributed by atoms with van der Waals surface area (Å²) in [7, 11) is 0. The third kappa shape index (κ3) is 3.12. The van der Waals surface area contributed by atoms with Gasteiger partial charge in [-0.15, -0.1) is 0 Å². The van der Waals surface area contributed by atoms with Gasteiger partial charge in [0.1, 0.15) is 11.0 Å². The van der Waals surface area contributed by atoms with Gasteiger partial charge >= 0.3 is 11.9 Å². The van der Waals surface area contributed by atoms with E-state index in [9.17, 15) is 14.7 Å². The Kier molecular flexibility index (Phi) is 4.12. The molecule has 5 heteroatoms. The van der Waals surface area contributed by atoms with Crippen LogP contribution in [0.2, 0.25) is 0 Å². The molecule has 1 fully saturated rings. The Morgan fingerprint density at radius 2 is 1.86 bits per heavy atom. The largest absolute Gasteiger partial charge is 0.481 e. The topological polar surface area (TPSA) is 79.4 Å². The zero-order chi connectivity index (χ0) is 15.7. The SMILES string of the molecule is CC(C)(C)OC(=O)c1cc[nH]c1C1(C(=O)O)CCCCC1. The standard InChI is InChI=1S/C16H23NO4/c1-15(2,3)21-13(18)11-7-10-17-12(11)16(14(19)20)8-5-4-6-9-16/h7,10,17H,4-6,8-9H2,1-3H3,(H,19,20). The number of hydrogen-bond acceptors (Lipinski definition) is 3. The molecule has 21 heavy (non-hydrogen) atoms. The minimum atomic E-state index is -0.992. The Hall–Kier alpha value is -1.78. The summed E-state index contributed by atoms with van der Waals surface area (Å²) < 4.78 is 5.39. The van der Waals surface area contributed by atoms with Crippen LogP contribution >= 0.6 is 0 Å². The highest BCUT2D eigenvalue weighted by Crippen LogP contribution is 2.40. The molecular formula is C16H23NO4. The molecule has 1 aromatic rings. The fourth-order valence-electron chi connectivity index (χ4n) is 2.99. The second-order valence-electron chi connectivity index (χ2n) is 6.72. The minimum Gasteiger partial charge on any atom is -0.481 e. The van der Waals surface area contributed by atoms with Crippen LogP contribution in [0, 0.1) is 0 Å². The van der Waals surface area contributed by atoms with Crippen LogP contribution in [0.15, 0.2) is 12.3 Å². The molecule has 0 aliphatic heterocycles. The second kappa shape index (κ2) is 5.54. The van der Waals surface area contributed by atoms with Crippen molar-refractivity contribution in [1.29, 1.82) is 0 Å². The van der Waals surface area contributed by atoms with Crippen molar-refractivity contribution < 1.29 is 19.4 Å². The van der Waals surface area contributed by atoms with E-state index in [0.29, 0.717) is 24.1 Å². The lowest BCUT2D eigenvalue weighted by atomic mass is 9.71. The van der Waals surface area contributed by atoms with E-state index in [1.807, 2.05) is 0 Å². The van der Waals surface area contributed by atoms with Crippen molar-refractivity contribution in [2.45, 2.75) is 63.9 Å². The number of esters is 1. The monoisotopic (exact) mass is 293 g/mol.